The minimum absolute atomic E-state index is 0.150. The fraction of sp³-hybridized carbons (Fsp3) is 0.462. The lowest BCUT2D eigenvalue weighted by molar-refractivity contribution is 0.0691. The highest BCUT2D eigenvalue weighted by atomic mass is 32.2. The molecule has 0 aromatic heterocycles. The summed E-state index contributed by atoms with van der Waals surface area (Å²) < 4.78 is 40.0. The van der Waals surface area contributed by atoms with Gasteiger partial charge in [-0.3, -0.25) is 0 Å². The van der Waals surface area contributed by atoms with Gasteiger partial charge in [-0.2, -0.15) is 11.8 Å². The van der Waals surface area contributed by atoms with Crippen molar-refractivity contribution in [3.05, 3.63) is 29.6 Å². The third-order valence-corrected chi connectivity index (χ3v) is 6.35. The third-order valence-electron chi connectivity index (χ3n) is 3.42. The minimum atomic E-state index is -3.85. The van der Waals surface area contributed by atoms with Crippen LogP contribution in [0.15, 0.2) is 23.1 Å². The number of thioether (sulfide) groups is 1. The Hall–Kier alpha value is -1.12. The van der Waals surface area contributed by atoms with Crippen molar-refractivity contribution in [2.45, 2.75) is 29.4 Å². The van der Waals surface area contributed by atoms with Crippen LogP contribution in [0.2, 0.25) is 0 Å². The Labute approximate surface area is 127 Å². The zero-order valence-electron chi connectivity index (χ0n) is 11.4. The summed E-state index contributed by atoms with van der Waals surface area (Å²) in [4.78, 5) is 10.6. The molecule has 8 heteroatoms. The van der Waals surface area contributed by atoms with E-state index in [1.54, 1.807) is 11.8 Å². The van der Waals surface area contributed by atoms with Crippen LogP contribution in [0.5, 0.6) is 0 Å². The van der Waals surface area contributed by atoms with E-state index in [2.05, 4.69) is 4.72 Å². The van der Waals surface area contributed by atoms with Crippen LogP contribution in [0.4, 0.5) is 4.39 Å². The molecule has 116 valence electrons. The molecule has 1 atom stereocenters. The maximum absolute atomic E-state index is 13.3. The van der Waals surface area contributed by atoms with Crippen molar-refractivity contribution in [1.82, 2.24) is 4.72 Å². The van der Waals surface area contributed by atoms with Crippen LogP contribution >= 0.6 is 11.8 Å². The average molecular weight is 333 g/mol. The standard InChI is InChI=1S/C13H16FNO4S2/c1-13(5-2-6-20-13)8-15-21(18,19)9-3-4-11(14)10(7-9)12(16)17/h3-4,7,15H,2,5-6,8H2,1H3,(H,16,17). The first-order valence-corrected chi connectivity index (χ1v) is 8.87. The second kappa shape index (κ2) is 5.94. The van der Waals surface area contributed by atoms with E-state index in [4.69, 9.17) is 5.11 Å². The SMILES string of the molecule is CC1(CNS(=O)(=O)c2ccc(F)c(C(=O)O)c2)CCCS1. The van der Waals surface area contributed by atoms with Gasteiger partial charge in [-0.1, -0.05) is 0 Å². The second-order valence-corrected chi connectivity index (χ2v) is 8.62. The normalized spacial score (nSPS) is 22.4. The number of hydrogen-bond acceptors (Lipinski definition) is 4. The molecule has 1 aromatic carbocycles. The zero-order chi connectivity index (χ0) is 15.7. The van der Waals surface area contributed by atoms with Gasteiger partial charge in [-0.05, 0) is 43.7 Å². The van der Waals surface area contributed by atoms with Gasteiger partial charge in [0.1, 0.15) is 5.82 Å². The van der Waals surface area contributed by atoms with Crippen molar-refractivity contribution in [2.75, 3.05) is 12.3 Å². The number of benzene rings is 1. The molecular formula is C13H16FNO4S2. The van der Waals surface area contributed by atoms with Gasteiger partial charge in [-0.25, -0.2) is 22.3 Å². The van der Waals surface area contributed by atoms with Crippen molar-refractivity contribution >= 4 is 27.8 Å². The summed E-state index contributed by atoms with van der Waals surface area (Å²) in [6.45, 7) is 2.25. The Morgan fingerprint density at radius 1 is 1.52 bits per heavy atom. The highest BCUT2D eigenvalue weighted by Crippen LogP contribution is 2.37. The number of carboxylic acid groups (broad SMARTS) is 1. The van der Waals surface area contributed by atoms with Crippen LogP contribution in [0.25, 0.3) is 0 Å². The number of halogens is 1. The molecule has 0 bridgehead atoms. The van der Waals surface area contributed by atoms with E-state index in [9.17, 15) is 17.6 Å². The molecule has 0 saturated carbocycles. The number of rotatable bonds is 5. The average Bonchev–Trinajstić information content (AvgIpc) is 2.84. The van der Waals surface area contributed by atoms with E-state index in [1.807, 2.05) is 6.92 Å². The van der Waals surface area contributed by atoms with Crippen LogP contribution in [0.3, 0.4) is 0 Å². The molecule has 1 aliphatic rings. The van der Waals surface area contributed by atoms with Crippen LogP contribution in [-0.2, 0) is 10.0 Å². The maximum Gasteiger partial charge on any atom is 0.338 e. The summed E-state index contributed by atoms with van der Waals surface area (Å²) in [7, 11) is -3.85. The zero-order valence-corrected chi connectivity index (χ0v) is 13.1. The van der Waals surface area contributed by atoms with Crippen molar-refractivity contribution in [1.29, 1.82) is 0 Å². The number of nitrogens with one attached hydrogen (secondary N) is 1. The van der Waals surface area contributed by atoms with Crippen molar-refractivity contribution in [3.8, 4) is 0 Å². The first-order valence-electron chi connectivity index (χ1n) is 6.40. The van der Waals surface area contributed by atoms with Crippen LogP contribution in [0.1, 0.15) is 30.1 Å². The fourth-order valence-electron chi connectivity index (χ4n) is 2.14. The van der Waals surface area contributed by atoms with E-state index in [1.165, 1.54) is 0 Å². The quantitative estimate of drug-likeness (QED) is 0.862. The topological polar surface area (TPSA) is 83.5 Å². The Bertz CT molecular complexity index is 654. The number of hydrogen-bond donors (Lipinski definition) is 2. The number of carbonyl (C=O) groups is 1. The van der Waals surface area contributed by atoms with Gasteiger partial charge in [0, 0.05) is 11.3 Å². The predicted molar refractivity (Wildman–Crippen MR) is 78.6 cm³/mol. The van der Waals surface area contributed by atoms with Crippen molar-refractivity contribution < 1.29 is 22.7 Å². The number of sulfonamides is 1. The van der Waals surface area contributed by atoms with E-state index < -0.39 is 27.4 Å². The lowest BCUT2D eigenvalue weighted by Gasteiger charge is -2.22. The molecule has 0 radical (unpaired) electrons. The van der Waals surface area contributed by atoms with E-state index >= 15 is 0 Å². The summed E-state index contributed by atoms with van der Waals surface area (Å²) >= 11 is 1.71. The Kier molecular flexibility index (Phi) is 4.60. The molecule has 21 heavy (non-hydrogen) atoms. The highest BCUT2D eigenvalue weighted by molar-refractivity contribution is 8.01. The van der Waals surface area contributed by atoms with Gasteiger partial charge in [0.25, 0.3) is 0 Å². The molecule has 1 unspecified atom stereocenters. The van der Waals surface area contributed by atoms with Crippen LogP contribution < -0.4 is 4.72 Å². The lowest BCUT2D eigenvalue weighted by atomic mass is 10.1. The monoisotopic (exact) mass is 333 g/mol. The Morgan fingerprint density at radius 3 is 2.81 bits per heavy atom. The Balaban J connectivity index is 2.19. The van der Waals surface area contributed by atoms with Crippen molar-refractivity contribution in [2.24, 2.45) is 0 Å². The Morgan fingerprint density at radius 2 is 2.24 bits per heavy atom. The number of aromatic carboxylic acids is 1. The molecule has 1 fully saturated rings. The van der Waals surface area contributed by atoms with Gasteiger partial charge in [-0.15, -0.1) is 0 Å². The molecule has 5 nitrogen and oxygen atoms in total. The molecule has 2 N–H and O–H groups in total. The van der Waals surface area contributed by atoms with Crippen LogP contribution in [0, 0.1) is 5.82 Å². The second-order valence-electron chi connectivity index (χ2n) is 5.17. The summed E-state index contributed by atoms with van der Waals surface area (Å²) in [6, 6.07) is 2.75. The molecule has 0 spiro atoms. The van der Waals surface area contributed by atoms with Gasteiger partial charge in [0.2, 0.25) is 10.0 Å². The molecule has 1 aliphatic heterocycles. The smallest absolute Gasteiger partial charge is 0.338 e. The summed E-state index contributed by atoms with van der Waals surface area (Å²) in [5.74, 6) is -1.46. The van der Waals surface area contributed by atoms with Gasteiger partial charge < -0.3 is 5.11 Å². The molecule has 1 heterocycles. The minimum Gasteiger partial charge on any atom is -0.478 e. The maximum atomic E-state index is 13.3. The van der Waals surface area contributed by atoms with Crippen LogP contribution in [-0.4, -0.2) is 36.5 Å². The van der Waals surface area contributed by atoms with E-state index in [-0.39, 0.29) is 16.2 Å². The molecule has 2 rings (SSSR count). The number of carboxylic acids is 1. The van der Waals surface area contributed by atoms with E-state index in [0.717, 1.165) is 36.8 Å². The predicted octanol–water partition coefficient (Wildman–Crippen LogP) is 2.09. The van der Waals surface area contributed by atoms with Gasteiger partial charge >= 0.3 is 5.97 Å². The fourth-order valence-corrected chi connectivity index (χ4v) is 4.67. The largest absolute Gasteiger partial charge is 0.478 e. The third kappa shape index (κ3) is 3.75. The summed E-state index contributed by atoms with van der Waals surface area (Å²) in [6.07, 6.45) is 1.96. The molecule has 0 aliphatic carbocycles. The van der Waals surface area contributed by atoms with Gasteiger partial charge in [0.15, 0.2) is 0 Å². The van der Waals surface area contributed by atoms with Gasteiger partial charge in [0.05, 0.1) is 10.5 Å². The molecule has 1 saturated heterocycles. The van der Waals surface area contributed by atoms with E-state index in [0.29, 0.717) is 0 Å². The molecule has 0 amide bonds. The molecule has 1 aromatic rings. The first kappa shape index (κ1) is 16.3. The van der Waals surface area contributed by atoms with Crippen molar-refractivity contribution in [3.63, 3.8) is 0 Å². The summed E-state index contributed by atoms with van der Waals surface area (Å²) in [5.41, 5.74) is -0.653. The lowest BCUT2D eigenvalue weighted by Crippen LogP contribution is -2.36. The highest BCUT2D eigenvalue weighted by Gasteiger charge is 2.31. The summed E-state index contributed by atoms with van der Waals surface area (Å²) in [5, 5.41) is 8.84. The first-order chi connectivity index (χ1) is 9.73. The molecular weight excluding hydrogens is 317 g/mol.